The Morgan fingerprint density at radius 2 is 1.43 bits per heavy atom. The number of hydrogen-bond donors (Lipinski definition) is 1. The van der Waals surface area contributed by atoms with Crippen molar-refractivity contribution in [3.63, 3.8) is 0 Å². The van der Waals surface area contributed by atoms with E-state index >= 15 is 0 Å². The first-order valence-electron chi connectivity index (χ1n) is 0.928. The minimum Gasteiger partial charge on any atom is -0.481 e. The topological polar surface area (TPSA) is 37.3 Å². The molecule has 0 fully saturated rings. The fourth-order valence-corrected chi connectivity index (χ4v) is 0. The van der Waals surface area contributed by atoms with E-state index in [0.29, 0.717) is 0 Å². The van der Waals surface area contributed by atoms with E-state index in [1.807, 2.05) is 0 Å². The zero-order chi connectivity index (χ0) is 3.58. The van der Waals surface area contributed by atoms with E-state index in [1.165, 1.54) is 0 Å². The third-order valence-electron chi connectivity index (χ3n) is 0. The average Bonchev–Trinajstić information content (AvgIpc) is 0.811. The molecule has 0 amide bonds. The summed E-state index contributed by atoms with van der Waals surface area (Å²) in [5.74, 6) is -0.833. The van der Waals surface area contributed by atoms with Crippen LogP contribution in [0.15, 0.2) is 0 Å². The van der Waals surface area contributed by atoms with Crippen molar-refractivity contribution < 1.29 is 29.4 Å². The van der Waals surface area contributed by atoms with Gasteiger partial charge in [-0.05, 0) is 0 Å². The molecule has 0 atom stereocenters. The fraction of sp³-hybridized carbons (Fsp3) is 0.500. The molecule has 0 saturated carbocycles. The van der Waals surface area contributed by atoms with Crippen molar-refractivity contribution in [2.75, 3.05) is 0 Å². The first-order valence-corrected chi connectivity index (χ1v) is 0.928. The van der Waals surface area contributed by atoms with E-state index in [1.54, 1.807) is 0 Å². The minimum absolute atomic E-state index is 0. The third kappa shape index (κ3) is 321. The van der Waals surface area contributed by atoms with Crippen LogP contribution in [0.5, 0.6) is 0 Å². The van der Waals surface area contributed by atoms with Crippen molar-refractivity contribution >= 4 is 30.8 Å². The Morgan fingerprint density at radius 3 is 1.43 bits per heavy atom. The van der Waals surface area contributed by atoms with Gasteiger partial charge in [-0.15, -0.1) is 24.8 Å². The van der Waals surface area contributed by atoms with E-state index in [-0.39, 0.29) is 44.3 Å². The van der Waals surface area contributed by atoms with Crippen LogP contribution in [0, 0.1) is 0 Å². The predicted octanol–water partition coefficient (Wildman–Crippen LogP) is 0.932. The van der Waals surface area contributed by atoms with Crippen molar-refractivity contribution in [1.82, 2.24) is 0 Å². The molecule has 0 rings (SSSR count). The van der Waals surface area contributed by atoms with Gasteiger partial charge in [-0.25, -0.2) is 0 Å². The van der Waals surface area contributed by atoms with Crippen molar-refractivity contribution in [2.24, 2.45) is 0 Å². The molecule has 0 aliphatic heterocycles. The van der Waals surface area contributed by atoms with Crippen LogP contribution >= 0.6 is 24.8 Å². The average molecular weight is 198 g/mol. The van der Waals surface area contributed by atoms with E-state index < -0.39 is 5.97 Å². The van der Waals surface area contributed by atoms with Crippen LogP contribution < -0.4 is 0 Å². The maximum absolute atomic E-state index is 9.00. The molecule has 0 aromatic rings. The van der Waals surface area contributed by atoms with Crippen molar-refractivity contribution in [3.05, 3.63) is 0 Å². The second kappa shape index (κ2) is 15.9. The van der Waals surface area contributed by atoms with Crippen molar-refractivity contribution in [1.29, 1.82) is 0 Å². The normalized spacial score (nSPS) is 3.57. The van der Waals surface area contributed by atoms with E-state index in [9.17, 15) is 0 Å². The van der Waals surface area contributed by atoms with Crippen LogP contribution in [0.4, 0.5) is 0 Å². The maximum atomic E-state index is 9.00. The molecule has 2 nitrogen and oxygen atoms in total. The molecule has 0 spiro atoms. The Bertz CT molecular complexity index is 36.7. The number of aliphatic carboxylic acids is 1. The Kier molecular flexibility index (Phi) is 57.6. The number of carboxylic acid groups (broad SMARTS) is 1. The Hall–Kier alpha value is 0.673. The van der Waals surface area contributed by atoms with Gasteiger partial charge in [0.2, 0.25) is 0 Å². The summed E-state index contributed by atoms with van der Waals surface area (Å²) in [5.41, 5.74) is 0. The first kappa shape index (κ1) is 25.3. The molecule has 0 heterocycles. The quantitative estimate of drug-likeness (QED) is 0.588. The number of hydrogen-bond acceptors (Lipinski definition) is 1. The van der Waals surface area contributed by atoms with Gasteiger partial charge in [-0.1, -0.05) is 0 Å². The van der Waals surface area contributed by atoms with Gasteiger partial charge in [-0.3, -0.25) is 4.79 Å². The smallest absolute Gasteiger partial charge is 0.300 e. The summed E-state index contributed by atoms with van der Waals surface area (Å²) in [5, 5.41) is 7.42. The molecule has 7 heavy (non-hydrogen) atoms. The largest absolute Gasteiger partial charge is 0.481 e. The maximum Gasteiger partial charge on any atom is 0.300 e. The Morgan fingerprint density at radius 1 is 1.43 bits per heavy atom. The second-order valence-corrected chi connectivity index (χ2v) is 0.519. The molecule has 0 aromatic carbocycles. The molecule has 0 radical (unpaired) electrons. The third-order valence-corrected chi connectivity index (χ3v) is 0. The number of carbonyl (C=O) groups is 1. The standard InChI is InChI=1S/C2H4O2.2ClH.Zn/c1-2(3)4;;;/h1H3,(H,3,4);2*1H;. The van der Waals surface area contributed by atoms with Gasteiger partial charge in [0.25, 0.3) is 5.97 Å². The number of carboxylic acids is 1. The molecule has 0 unspecified atom stereocenters. The molecule has 0 saturated heterocycles. The van der Waals surface area contributed by atoms with Gasteiger partial charge >= 0.3 is 0 Å². The summed E-state index contributed by atoms with van der Waals surface area (Å²) < 4.78 is 0. The Labute approximate surface area is 67.2 Å². The number of halogens is 2. The minimum atomic E-state index is -0.833. The van der Waals surface area contributed by atoms with Gasteiger partial charge in [0.1, 0.15) is 0 Å². The number of rotatable bonds is 0. The van der Waals surface area contributed by atoms with Gasteiger partial charge in [0.05, 0.1) is 0 Å². The predicted molar refractivity (Wildman–Crippen MR) is 27.8 cm³/mol. The molecule has 0 aromatic heterocycles. The van der Waals surface area contributed by atoms with E-state index in [2.05, 4.69) is 0 Å². The monoisotopic (exact) mass is 196 g/mol. The summed E-state index contributed by atoms with van der Waals surface area (Å²) in [6, 6.07) is 0. The molecule has 1 N–H and O–H groups in total. The Balaban J connectivity index is -0.0000000150. The van der Waals surface area contributed by atoms with Crippen LogP contribution in [-0.2, 0) is 24.3 Å². The summed E-state index contributed by atoms with van der Waals surface area (Å²) >= 11 is 0. The van der Waals surface area contributed by atoms with E-state index in [4.69, 9.17) is 9.90 Å². The zero-order valence-corrected chi connectivity index (χ0v) is 8.48. The van der Waals surface area contributed by atoms with Crippen LogP contribution in [0.1, 0.15) is 6.92 Å². The van der Waals surface area contributed by atoms with Crippen LogP contribution in [0.3, 0.4) is 0 Å². The summed E-state index contributed by atoms with van der Waals surface area (Å²) in [4.78, 5) is 9.00. The molecular formula is C2H6Cl2O2Zn. The first-order chi connectivity index (χ1) is 1.73. The summed E-state index contributed by atoms with van der Waals surface area (Å²) in [7, 11) is 0. The van der Waals surface area contributed by atoms with Crippen molar-refractivity contribution in [3.8, 4) is 0 Å². The van der Waals surface area contributed by atoms with E-state index in [0.717, 1.165) is 6.92 Å². The second-order valence-electron chi connectivity index (χ2n) is 0.519. The zero-order valence-electron chi connectivity index (χ0n) is 3.88. The van der Waals surface area contributed by atoms with Crippen LogP contribution in [0.2, 0.25) is 0 Å². The van der Waals surface area contributed by atoms with Crippen LogP contribution in [0.25, 0.3) is 0 Å². The van der Waals surface area contributed by atoms with Crippen molar-refractivity contribution in [2.45, 2.75) is 6.92 Å². The molecule has 42 valence electrons. The van der Waals surface area contributed by atoms with Gasteiger partial charge in [-0.2, -0.15) is 0 Å². The van der Waals surface area contributed by atoms with Gasteiger partial charge < -0.3 is 5.11 Å². The van der Waals surface area contributed by atoms with Gasteiger partial charge in [0, 0.05) is 26.4 Å². The fourth-order valence-electron chi connectivity index (χ4n) is 0. The summed E-state index contributed by atoms with van der Waals surface area (Å²) in [6.07, 6.45) is 0. The summed E-state index contributed by atoms with van der Waals surface area (Å²) in [6.45, 7) is 1.08. The van der Waals surface area contributed by atoms with Crippen LogP contribution in [-0.4, -0.2) is 11.1 Å². The SMILES string of the molecule is CC(=O)O.Cl.Cl.[Zn]. The molecular weight excluding hydrogens is 192 g/mol. The molecule has 5 heteroatoms. The molecule has 0 bridgehead atoms. The van der Waals surface area contributed by atoms with Gasteiger partial charge in [0.15, 0.2) is 0 Å². The molecule has 0 aliphatic rings. The molecule has 0 aliphatic carbocycles.